The van der Waals surface area contributed by atoms with Gasteiger partial charge in [0.15, 0.2) is 0 Å². The van der Waals surface area contributed by atoms with Crippen LogP contribution in [0.25, 0.3) is 0 Å². The highest BCUT2D eigenvalue weighted by Gasteiger charge is 2.21. The van der Waals surface area contributed by atoms with Gasteiger partial charge < -0.3 is 9.47 Å². The van der Waals surface area contributed by atoms with Crippen molar-refractivity contribution in [1.29, 1.82) is 0 Å². The number of nitrogens with zero attached hydrogens (tertiary/aromatic N) is 1. The summed E-state index contributed by atoms with van der Waals surface area (Å²) in [6.07, 6.45) is 4.25. The predicted molar refractivity (Wildman–Crippen MR) is 84.6 cm³/mol. The minimum absolute atomic E-state index is 0.0220. The molecule has 0 aromatic heterocycles. The number of nitro groups is 1. The van der Waals surface area contributed by atoms with Gasteiger partial charge in [0, 0.05) is 13.7 Å². The summed E-state index contributed by atoms with van der Waals surface area (Å²) in [4.78, 5) is 33.7. The summed E-state index contributed by atoms with van der Waals surface area (Å²) in [5.41, 5.74) is -0.176. The van der Waals surface area contributed by atoms with Gasteiger partial charge >= 0.3 is 11.9 Å². The maximum atomic E-state index is 11.8. The van der Waals surface area contributed by atoms with Crippen LogP contribution in [0.2, 0.25) is 0 Å². The van der Waals surface area contributed by atoms with E-state index in [2.05, 4.69) is 0 Å². The molecular weight excluding hydrogens is 393 g/mol. The molecule has 0 bridgehead atoms. The number of hydrogen-bond donors (Lipinski definition) is 0. The molecule has 1 aliphatic heterocycles. The number of carbonyl (C=O) groups excluding carboxylic acids is 2. The molecule has 0 saturated carbocycles. The molecule has 1 rings (SSSR count). The Morgan fingerprint density at radius 2 is 1.81 bits per heavy atom. The second-order valence-electron chi connectivity index (χ2n) is 3.62. The van der Waals surface area contributed by atoms with E-state index in [-0.39, 0.29) is 24.5 Å². The zero-order chi connectivity index (χ0) is 15.8. The molecule has 114 valence electrons. The summed E-state index contributed by atoms with van der Waals surface area (Å²) in [5.74, 6) is -1.52. The van der Waals surface area contributed by atoms with Crippen molar-refractivity contribution in [2.75, 3.05) is 13.2 Å². The van der Waals surface area contributed by atoms with Crippen LogP contribution in [-0.2, 0) is 19.1 Å². The van der Waals surface area contributed by atoms with Crippen LogP contribution in [0.15, 0.2) is 33.6 Å². The summed E-state index contributed by atoms with van der Waals surface area (Å²) in [6, 6.07) is 0. The van der Waals surface area contributed by atoms with Crippen molar-refractivity contribution in [3.8, 4) is 0 Å². The molecule has 0 aromatic rings. The molecule has 1 heterocycles. The average molecular weight is 407 g/mol. The first-order valence-electron chi connectivity index (χ1n) is 6.08. The third-order valence-electron chi connectivity index (χ3n) is 2.19. The van der Waals surface area contributed by atoms with Crippen molar-refractivity contribution in [2.45, 2.75) is 13.8 Å². The molecule has 0 aromatic carbocycles. The van der Waals surface area contributed by atoms with E-state index in [1.165, 1.54) is 22.3 Å². The highest BCUT2D eigenvalue weighted by atomic mass is 127. The largest absolute Gasteiger partial charge is 0.462 e. The van der Waals surface area contributed by atoms with E-state index >= 15 is 0 Å². The van der Waals surface area contributed by atoms with Crippen molar-refractivity contribution in [3.05, 3.63) is 43.7 Å². The van der Waals surface area contributed by atoms with E-state index in [0.29, 0.717) is 3.51 Å². The number of carbonyl (C=O) groups is 2. The summed E-state index contributed by atoms with van der Waals surface area (Å²) in [5, 5.41) is 10.6. The minimum atomic E-state index is -0.795. The van der Waals surface area contributed by atoms with E-state index in [1.807, 2.05) is 0 Å². The lowest BCUT2D eigenvalue weighted by atomic mass is 10.2. The van der Waals surface area contributed by atoms with Crippen LogP contribution in [0, 0.1) is 10.1 Å². The van der Waals surface area contributed by atoms with Gasteiger partial charge in [-0.1, -0.05) is 20.7 Å². The molecule has 0 N–H and O–H groups in total. The first-order valence-corrected chi connectivity index (χ1v) is 8.41. The first kappa shape index (κ1) is 17.2. The Kier molecular flexibility index (Phi) is 6.92. The molecular formula is C13H14INO6. The van der Waals surface area contributed by atoms with Crippen molar-refractivity contribution in [1.82, 2.24) is 0 Å². The van der Waals surface area contributed by atoms with E-state index < -0.39 is 37.6 Å². The average Bonchev–Trinajstić information content (AvgIpc) is 2.45. The van der Waals surface area contributed by atoms with Crippen molar-refractivity contribution >= 4 is 36.2 Å². The number of rotatable bonds is 6. The number of halogens is 1. The SMILES string of the molecule is CCOC(=O)C(=CC1=IC=C([N+](=O)[O-])C=C1)C(=O)OCC. The molecule has 0 atom stereocenters. The zero-order valence-electron chi connectivity index (χ0n) is 11.5. The zero-order valence-corrected chi connectivity index (χ0v) is 13.7. The number of hydrogen-bond acceptors (Lipinski definition) is 6. The molecule has 0 saturated heterocycles. The third-order valence-corrected chi connectivity index (χ3v) is 4.53. The van der Waals surface area contributed by atoms with Crippen molar-refractivity contribution in [2.24, 2.45) is 0 Å². The lowest BCUT2D eigenvalue weighted by Gasteiger charge is -2.07. The van der Waals surface area contributed by atoms with Crippen molar-refractivity contribution in [3.63, 3.8) is 0 Å². The lowest BCUT2D eigenvalue weighted by molar-refractivity contribution is -0.418. The van der Waals surface area contributed by atoms with Crippen LogP contribution in [0.5, 0.6) is 0 Å². The van der Waals surface area contributed by atoms with Crippen LogP contribution in [0.4, 0.5) is 0 Å². The molecule has 1 aliphatic rings. The summed E-state index contributed by atoms with van der Waals surface area (Å²) >= 11 is -0.795. The van der Waals surface area contributed by atoms with Gasteiger partial charge in [-0.3, -0.25) is 10.1 Å². The van der Waals surface area contributed by atoms with E-state index in [1.54, 1.807) is 13.8 Å². The Labute approximate surface area is 131 Å². The number of esters is 2. The van der Waals surface area contributed by atoms with Crippen LogP contribution in [-0.4, -0.2) is 33.6 Å². The fourth-order valence-corrected chi connectivity index (χ4v) is 3.29. The van der Waals surface area contributed by atoms with Gasteiger partial charge in [-0.15, -0.1) is 0 Å². The fraction of sp³-hybridized carbons (Fsp3) is 0.308. The first-order chi connectivity index (χ1) is 9.99. The molecule has 21 heavy (non-hydrogen) atoms. The van der Waals surface area contributed by atoms with E-state index in [0.717, 1.165) is 0 Å². The van der Waals surface area contributed by atoms with Crippen molar-refractivity contribution < 1.29 is 24.0 Å². The smallest absolute Gasteiger partial charge is 0.345 e. The van der Waals surface area contributed by atoms with Gasteiger partial charge in [0.05, 0.1) is 18.1 Å². The number of allylic oxidation sites excluding steroid dienone is 3. The summed E-state index contributed by atoms with van der Waals surface area (Å²) < 4.78 is 11.8. The van der Waals surface area contributed by atoms with Crippen LogP contribution >= 0.6 is 20.7 Å². The van der Waals surface area contributed by atoms with Crippen LogP contribution < -0.4 is 0 Å². The summed E-state index contributed by atoms with van der Waals surface area (Å²) in [6.45, 7) is 3.54. The predicted octanol–water partition coefficient (Wildman–Crippen LogP) is 1.87. The summed E-state index contributed by atoms with van der Waals surface area (Å²) in [7, 11) is 0. The maximum absolute atomic E-state index is 11.8. The minimum Gasteiger partial charge on any atom is -0.462 e. The topological polar surface area (TPSA) is 95.7 Å². The molecule has 0 aliphatic carbocycles. The van der Waals surface area contributed by atoms with Crippen LogP contribution in [0.3, 0.4) is 0 Å². The standard InChI is InChI=1S/C13H14INO6/c1-3-20-12(16)11(13(17)21-4-2)7-9-5-6-10(8-14-9)15(18)19/h5-8H,3-4H2,1-2H3. The Morgan fingerprint density at radius 1 is 1.24 bits per heavy atom. The van der Waals surface area contributed by atoms with E-state index in [4.69, 9.17) is 9.47 Å². The number of ether oxygens (including phenoxy) is 2. The highest BCUT2D eigenvalue weighted by molar-refractivity contribution is 14.2. The van der Waals surface area contributed by atoms with Gasteiger partial charge in [-0.05, 0) is 26.0 Å². The Balaban J connectivity index is 3.04. The Bertz CT molecular complexity index is 553. The third kappa shape index (κ3) is 5.21. The molecule has 0 unspecified atom stereocenters. The molecule has 0 amide bonds. The normalized spacial score (nSPS) is 13.2. The maximum Gasteiger partial charge on any atom is 0.345 e. The quantitative estimate of drug-likeness (QED) is 0.127. The fourth-order valence-electron chi connectivity index (χ4n) is 1.29. The van der Waals surface area contributed by atoms with Gasteiger partial charge in [0.25, 0.3) is 5.70 Å². The van der Waals surface area contributed by atoms with Crippen LogP contribution in [0.1, 0.15) is 13.8 Å². The van der Waals surface area contributed by atoms with Gasteiger partial charge in [0.1, 0.15) is 5.57 Å². The van der Waals surface area contributed by atoms with E-state index in [9.17, 15) is 19.7 Å². The second-order valence-corrected chi connectivity index (χ2v) is 6.11. The molecule has 8 heteroatoms. The van der Waals surface area contributed by atoms with Gasteiger partial charge in [-0.2, -0.15) is 0 Å². The second kappa shape index (κ2) is 8.45. The van der Waals surface area contributed by atoms with Gasteiger partial charge in [0.2, 0.25) is 0 Å². The molecule has 0 radical (unpaired) electrons. The lowest BCUT2D eigenvalue weighted by Crippen LogP contribution is -2.19. The van der Waals surface area contributed by atoms with Gasteiger partial charge in [-0.25, -0.2) is 9.59 Å². The monoisotopic (exact) mass is 407 g/mol. The molecule has 0 fully saturated rings. The molecule has 7 nitrogen and oxygen atoms in total. The Hall–Kier alpha value is -1.84. The Morgan fingerprint density at radius 3 is 2.19 bits per heavy atom. The molecule has 0 spiro atoms. The highest BCUT2D eigenvalue weighted by Crippen LogP contribution is 2.18.